The van der Waals surface area contributed by atoms with Gasteiger partial charge >= 0.3 is 0 Å². The summed E-state index contributed by atoms with van der Waals surface area (Å²) in [5, 5.41) is 0. The van der Waals surface area contributed by atoms with Gasteiger partial charge in [-0.15, -0.1) is 0 Å². The highest BCUT2D eigenvalue weighted by Crippen LogP contribution is 2.42. The zero-order valence-corrected chi connectivity index (χ0v) is 10.1. The Morgan fingerprint density at radius 3 is 1.79 bits per heavy atom. The van der Waals surface area contributed by atoms with Crippen LogP contribution in [0.5, 0.6) is 0 Å². The van der Waals surface area contributed by atoms with Gasteiger partial charge in [0.2, 0.25) is 0 Å². The fourth-order valence-electron chi connectivity index (χ4n) is 2.56. The quantitative estimate of drug-likeness (QED) is 0.641. The van der Waals surface area contributed by atoms with Gasteiger partial charge in [0.25, 0.3) is 0 Å². The minimum absolute atomic E-state index is 0.00174. The number of aldehydes is 1. The third kappa shape index (κ3) is 2.17. The van der Waals surface area contributed by atoms with Gasteiger partial charge in [0.05, 0.1) is 5.54 Å². The van der Waals surface area contributed by atoms with Gasteiger partial charge in [-0.3, -0.25) is 0 Å². The molecule has 14 heavy (non-hydrogen) atoms. The zero-order chi connectivity index (χ0) is 11.2. The van der Waals surface area contributed by atoms with E-state index in [0.29, 0.717) is 0 Å². The van der Waals surface area contributed by atoms with Crippen molar-refractivity contribution in [3.8, 4) is 0 Å². The standard InChI is InChI=1S/C12H25NO/c1-5-9-11(6-2,7-3)12(13,8-4)10-14/h10H,5-9,13H2,1-4H3. The molecule has 0 saturated carbocycles. The maximum absolute atomic E-state index is 11.2. The highest BCUT2D eigenvalue weighted by molar-refractivity contribution is 5.65. The van der Waals surface area contributed by atoms with E-state index in [1.165, 1.54) is 0 Å². The molecule has 0 aromatic heterocycles. The van der Waals surface area contributed by atoms with Crippen molar-refractivity contribution in [1.82, 2.24) is 0 Å². The van der Waals surface area contributed by atoms with Gasteiger partial charge in [-0.1, -0.05) is 34.1 Å². The molecule has 1 atom stereocenters. The number of carbonyl (C=O) groups is 1. The Bertz CT molecular complexity index is 175. The summed E-state index contributed by atoms with van der Waals surface area (Å²) in [6.45, 7) is 8.44. The summed E-state index contributed by atoms with van der Waals surface area (Å²) >= 11 is 0. The van der Waals surface area contributed by atoms with Crippen LogP contribution < -0.4 is 5.73 Å². The van der Waals surface area contributed by atoms with Gasteiger partial charge in [-0.05, 0) is 31.1 Å². The van der Waals surface area contributed by atoms with Crippen molar-refractivity contribution in [2.45, 2.75) is 65.3 Å². The third-order valence-corrected chi connectivity index (χ3v) is 3.86. The summed E-state index contributed by atoms with van der Waals surface area (Å²) in [6, 6.07) is 0. The zero-order valence-electron chi connectivity index (χ0n) is 10.1. The topological polar surface area (TPSA) is 43.1 Å². The Morgan fingerprint density at radius 2 is 1.57 bits per heavy atom. The van der Waals surface area contributed by atoms with Crippen LogP contribution in [0.15, 0.2) is 0 Å². The van der Waals surface area contributed by atoms with Crippen molar-refractivity contribution < 1.29 is 4.79 Å². The van der Waals surface area contributed by atoms with Gasteiger partial charge in [0.1, 0.15) is 6.29 Å². The van der Waals surface area contributed by atoms with Crippen LogP contribution in [0.25, 0.3) is 0 Å². The molecule has 2 N–H and O–H groups in total. The van der Waals surface area contributed by atoms with Gasteiger partial charge in [0.15, 0.2) is 0 Å². The molecule has 0 aromatic rings. The number of rotatable bonds is 7. The van der Waals surface area contributed by atoms with Crippen LogP contribution >= 0.6 is 0 Å². The molecule has 0 rings (SSSR count). The average Bonchev–Trinajstić information content (AvgIpc) is 2.24. The van der Waals surface area contributed by atoms with E-state index in [-0.39, 0.29) is 5.41 Å². The highest BCUT2D eigenvalue weighted by Gasteiger charge is 2.44. The van der Waals surface area contributed by atoms with E-state index in [2.05, 4.69) is 20.8 Å². The Balaban J connectivity index is 5.02. The number of hydrogen-bond donors (Lipinski definition) is 1. The van der Waals surface area contributed by atoms with Gasteiger partial charge in [-0.25, -0.2) is 0 Å². The molecule has 2 nitrogen and oxygen atoms in total. The summed E-state index contributed by atoms with van der Waals surface area (Å²) in [6.07, 6.45) is 5.81. The monoisotopic (exact) mass is 199 g/mol. The smallest absolute Gasteiger partial charge is 0.140 e. The predicted molar refractivity (Wildman–Crippen MR) is 61.2 cm³/mol. The molecule has 0 spiro atoms. The fraction of sp³-hybridized carbons (Fsp3) is 0.917. The first-order chi connectivity index (χ1) is 6.55. The molecule has 0 aromatic carbocycles. The van der Waals surface area contributed by atoms with E-state index in [4.69, 9.17) is 5.73 Å². The normalized spacial score (nSPS) is 16.4. The number of hydrogen-bond acceptors (Lipinski definition) is 2. The Kier molecular flexibility index (Phi) is 5.35. The van der Waals surface area contributed by atoms with E-state index in [9.17, 15) is 4.79 Å². The van der Waals surface area contributed by atoms with E-state index in [0.717, 1.165) is 38.4 Å². The molecule has 0 bridgehead atoms. The first kappa shape index (κ1) is 13.6. The van der Waals surface area contributed by atoms with E-state index in [1.807, 2.05) is 6.92 Å². The minimum atomic E-state index is -0.632. The Morgan fingerprint density at radius 1 is 1.07 bits per heavy atom. The maximum Gasteiger partial charge on any atom is 0.140 e. The summed E-state index contributed by atoms with van der Waals surface area (Å²) in [7, 11) is 0. The van der Waals surface area contributed by atoms with Crippen molar-refractivity contribution in [2.24, 2.45) is 11.1 Å². The average molecular weight is 199 g/mol. The lowest BCUT2D eigenvalue weighted by atomic mass is 9.63. The molecule has 0 aliphatic heterocycles. The molecular formula is C12H25NO. The van der Waals surface area contributed by atoms with Crippen LogP contribution in [0.3, 0.4) is 0 Å². The van der Waals surface area contributed by atoms with E-state index < -0.39 is 5.54 Å². The molecule has 0 heterocycles. The summed E-state index contributed by atoms with van der Waals surface area (Å²) in [4.78, 5) is 11.2. The van der Waals surface area contributed by atoms with Crippen LogP contribution in [0.2, 0.25) is 0 Å². The molecule has 0 radical (unpaired) electrons. The lowest BCUT2D eigenvalue weighted by Gasteiger charge is -2.44. The van der Waals surface area contributed by atoms with Crippen molar-refractivity contribution in [1.29, 1.82) is 0 Å². The first-order valence-electron chi connectivity index (χ1n) is 5.81. The first-order valence-corrected chi connectivity index (χ1v) is 5.81. The fourth-order valence-corrected chi connectivity index (χ4v) is 2.56. The van der Waals surface area contributed by atoms with E-state index >= 15 is 0 Å². The lowest BCUT2D eigenvalue weighted by molar-refractivity contribution is -0.117. The second-order valence-corrected chi connectivity index (χ2v) is 4.25. The summed E-state index contributed by atoms with van der Waals surface area (Å²) in [5.41, 5.74) is 5.58. The molecule has 1 unspecified atom stereocenters. The molecule has 2 heteroatoms. The van der Waals surface area contributed by atoms with Crippen LogP contribution in [-0.4, -0.2) is 11.8 Å². The number of nitrogens with two attached hydrogens (primary N) is 1. The minimum Gasteiger partial charge on any atom is -0.319 e. The molecule has 0 saturated heterocycles. The largest absolute Gasteiger partial charge is 0.319 e. The van der Waals surface area contributed by atoms with Crippen LogP contribution in [0.1, 0.15) is 59.8 Å². The van der Waals surface area contributed by atoms with Crippen molar-refractivity contribution >= 4 is 6.29 Å². The predicted octanol–water partition coefficient (Wildman–Crippen LogP) is 2.90. The molecule has 0 aliphatic rings. The van der Waals surface area contributed by atoms with Gasteiger partial charge < -0.3 is 10.5 Å². The molecule has 0 amide bonds. The highest BCUT2D eigenvalue weighted by atomic mass is 16.1. The molecule has 84 valence electrons. The van der Waals surface area contributed by atoms with Crippen LogP contribution in [0, 0.1) is 5.41 Å². The Labute approximate surface area is 88.3 Å². The second kappa shape index (κ2) is 5.50. The van der Waals surface area contributed by atoms with Crippen LogP contribution in [0.4, 0.5) is 0 Å². The number of carbonyl (C=O) groups excluding carboxylic acids is 1. The summed E-state index contributed by atoms with van der Waals surface area (Å²) < 4.78 is 0. The van der Waals surface area contributed by atoms with Crippen LogP contribution in [-0.2, 0) is 4.79 Å². The maximum atomic E-state index is 11.2. The molecular weight excluding hydrogens is 174 g/mol. The molecule has 0 aliphatic carbocycles. The van der Waals surface area contributed by atoms with Crippen molar-refractivity contribution in [3.05, 3.63) is 0 Å². The van der Waals surface area contributed by atoms with Gasteiger partial charge in [-0.2, -0.15) is 0 Å². The lowest BCUT2D eigenvalue weighted by Crippen LogP contribution is -2.56. The summed E-state index contributed by atoms with van der Waals surface area (Å²) in [5.74, 6) is 0. The molecule has 0 fully saturated rings. The third-order valence-electron chi connectivity index (χ3n) is 3.86. The van der Waals surface area contributed by atoms with Crippen molar-refractivity contribution in [2.75, 3.05) is 0 Å². The van der Waals surface area contributed by atoms with Crippen molar-refractivity contribution in [3.63, 3.8) is 0 Å². The SMILES string of the molecule is CCCC(CC)(CC)C(N)(C=O)CC. The van der Waals surface area contributed by atoms with Gasteiger partial charge in [0, 0.05) is 0 Å². The second-order valence-electron chi connectivity index (χ2n) is 4.25. The van der Waals surface area contributed by atoms with E-state index in [1.54, 1.807) is 0 Å². The Hall–Kier alpha value is -0.370.